The van der Waals surface area contributed by atoms with Crippen LogP contribution in [0.15, 0.2) is 236 Å². The van der Waals surface area contributed by atoms with Crippen molar-refractivity contribution in [3.63, 3.8) is 0 Å². The molecule has 1 N–H and O–H groups in total. The van der Waals surface area contributed by atoms with E-state index < -0.39 is 0 Å². The highest BCUT2D eigenvalue weighted by atomic mass is 15.1. The van der Waals surface area contributed by atoms with Crippen LogP contribution in [0.3, 0.4) is 0 Å². The maximum atomic E-state index is 5.25. The Hall–Kier alpha value is -9.19. The molecular weight excluding hydrogens is 875 g/mol. The number of para-hydroxylation sites is 4. The van der Waals surface area contributed by atoms with Gasteiger partial charge in [-0.15, -0.1) is 0 Å². The smallest absolute Gasteiger partial charge is 0.134 e. The van der Waals surface area contributed by atoms with Crippen molar-refractivity contribution in [1.82, 2.24) is 19.0 Å². The quantitative estimate of drug-likeness (QED) is 0.170. The third kappa shape index (κ3) is 6.73. The van der Waals surface area contributed by atoms with Crippen molar-refractivity contribution in [2.24, 2.45) is 4.99 Å². The molecule has 4 heterocycles. The molecule has 1 aliphatic rings. The van der Waals surface area contributed by atoms with Crippen LogP contribution in [0.1, 0.15) is 39.4 Å². The van der Waals surface area contributed by atoms with E-state index in [-0.39, 0.29) is 6.04 Å². The number of nitrogens with zero attached hydrogens (tertiary/aromatic N) is 4. The van der Waals surface area contributed by atoms with Crippen molar-refractivity contribution in [3.05, 3.63) is 264 Å². The van der Waals surface area contributed by atoms with E-state index in [0.717, 1.165) is 50.8 Å². The van der Waals surface area contributed by atoms with Crippen molar-refractivity contribution in [2.75, 3.05) is 0 Å². The van der Waals surface area contributed by atoms with Gasteiger partial charge in [-0.3, -0.25) is 0 Å². The van der Waals surface area contributed by atoms with E-state index >= 15 is 0 Å². The Bertz CT molecular complexity index is 4120. The van der Waals surface area contributed by atoms with Gasteiger partial charge in [-0.25, -0.2) is 4.99 Å². The number of aromatic nitrogens is 3. The SMILES string of the molecule is Cc1cccc(C2=NC(c3ccc(-c4ccc(-n5c6ccc(-n7c8ccccc8c8ccccc87)cc6c6cc(-n7c8ccccc8c8ccccc87)ccc65)cc4)c(C)c3)=CC(c3cccc(C)c3)N2)c1. The second-order valence-electron chi connectivity index (χ2n) is 19.5. The molecular formula is C67H49N5. The van der Waals surface area contributed by atoms with E-state index in [0.29, 0.717) is 0 Å². The highest BCUT2D eigenvalue weighted by Crippen LogP contribution is 2.40. The number of amidine groups is 1. The van der Waals surface area contributed by atoms with Gasteiger partial charge < -0.3 is 19.0 Å². The van der Waals surface area contributed by atoms with Crippen molar-refractivity contribution in [1.29, 1.82) is 0 Å². The summed E-state index contributed by atoms with van der Waals surface area (Å²) in [5, 5.41) is 11.2. The molecule has 0 saturated heterocycles. The summed E-state index contributed by atoms with van der Waals surface area (Å²) in [6, 6.07) is 82.3. The average molecular weight is 924 g/mol. The summed E-state index contributed by atoms with van der Waals surface area (Å²) in [7, 11) is 0. The molecule has 14 rings (SSSR count). The van der Waals surface area contributed by atoms with E-state index in [1.807, 2.05) is 0 Å². The van der Waals surface area contributed by atoms with Crippen LogP contribution in [0.5, 0.6) is 0 Å². The molecule has 1 unspecified atom stereocenters. The molecule has 0 aliphatic carbocycles. The predicted molar refractivity (Wildman–Crippen MR) is 302 cm³/mol. The number of aliphatic imine (C=N–C) groups is 1. The second-order valence-corrected chi connectivity index (χ2v) is 19.5. The zero-order chi connectivity index (χ0) is 48.0. The number of rotatable bonds is 7. The third-order valence-electron chi connectivity index (χ3n) is 14.9. The molecule has 1 aliphatic heterocycles. The topological polar surface area (TPSA) is 39.2 Å². The molecule has 3 aromatic heterocycles. The van der Waals surface area contributed by atoms with Gasteiger partial charge in [0.15, 0.2) is 0 Å². The summed E-state index contributed by atoms with van der Waals surface area (Å²) >= 11 is 0. The maximum Gasteiger partial charge on any atom is 0.134 e. The highest BCUT2D eigenvalue weighted by molar-refractivity contribution is 6.14. The van der Waals surface area contributed by atoms with Gasteiger partial charge in [0, 0.05) is 60.5 Å². The largest absolute Gasteiger partial charge is 0.359 e. The van der Waals surface area contributed by atoms with E-state index in [9.17, 15) is 0 Å². The van der Waals surface area contributed by atoms with Gasteiger partial charge in [0.2, 0.25) is 0 Å². The standard InChI is InChI=1S/C67H49N5/c1-42-14-12-16-46(36-42)59-41-60(69-67(68-59)48-17-13-15-43(2)37-48)47-28-33-52(44(3)38-47)45-26-29-49(30-27-45)70-65-34-31-50(71-61-22-8-4-18-53(61)54-19-5-9-23-62(54)71)39-57(65)58-40-51(32-35-66(58)70)72-63-24-10-6-20-55(63)56-21-7-11-25-64(56)72/h4-41,59H,1-3H3,(H,68,69). The summed E-state index contributed by atoms with van der Waals surface area (Å²) in [4.78, 5) is 5.25. The lowest BCUT2D eigenvalue weighted by Gasteiger charge is -2.25. The van der Waals surface area contributed by atoms with E-state index in [1.165, 1.54) is 87.8 Å². The molecule has 1 atom stereocenters. The Balaban J connectivity index is 0.887. The molecule has 10 aromatic carbocycles. The van der Waals surface area contributed by atoms with Gasteiger partial charge in [0.25, 0.3) is 0 Å². The molecule has 342 valence electrons. The van der Waals surface area contributed by atoms with Gasteiger partial charge >= 0.3 is 0 Å². The van der Waals surface area contributed by atoms with Crippen LogP contribution in [0.25, 0.3) is 99.3 Å². The van der Waals surface area contributed by atoms with Crippen LogP contribution >= 0.6 is 0 Å². The molecule has 13 aromatic rings. The Labute approximate surface area is 417 Å². The molecule has 5 heteroatoms. The van der Waals surface area contributed by atoms with Crippen LogP contribution in [-0.2, 0) is 0 Å². The molecule has 0 radical (unpaired) electrons. The first-order chi connectivity index (χ1) is 35.4. The average Bonchev–Trinajstić information content (AvgIpc) is 4.06. The minimum absolute atomic E-state index is 0.0122. The summed E-state index contributed by atoms with van der Waals surface area (Å²) in [5.41, 5.74) is 20.9. The Morgan fingerprint density at radius 1 is 0.361 bits per heavy atom. The molecule has 0 spiro atoms. The first-order valence-corrected chi connectivity index (χ1v) is 24.9. The molecule has 0 amide bonds. The molecule has 5 nitrogen and oxygen atoms in total. The van der Waals surface area contributed by atoms with Gasteiger partial charge in [-0.05, 0) is 134 Å². The number of benzene rings is 10. The predicted octanol–water partition coefficient (Wildman–Crippen LogP) is 16.7. The number of fused-ring (bicyclic) bond motifs is 9. The number of aryl methyl sites for hydroxylation is 3. The summed E-state index contributed by atoms with van der Waals surface area (Å²) in [6.45, 7) is 6.50. The van der Waals surface area contributed by atoms with Crippen molar-refractivity contribution < 1.29 is 0 Å². The Morgan fingerprint density at radius 3 is 1.36 bits per heavy atom. The van der Waals surface area contributed by atoms with E-state index in [4.69, 9.17) is 4.99 Å². The normalized spacial score (nSPS) is 13.9. The summed E-state index contributed by atoms with van der Waals surface area (Å²) < 4.78 is 7.28. The molecule has 0 saturated carbocycles. The van der Waals surface area contributed by atoms with Crippen LogP contribution in [0, 0.1) is 20.8 Å². The minimum atomic E-state index is -0.0122. The fraction of sp³-hybridized carbons (Fsp3) is 0.0597. The third-order valence-corrected chi connectivity index (χ3v) is 14.9. The lowest BCUT2D eigenvalue weighted by atomic mass is 9.95. The van der Waals surface area contributed by atoms with Crippen LogP contribution in [-0.4, -0.2) is 19.5 Å². The highest BCUT2D eigenvalue weighted by Gasteiger charge is 2.22. The fourth-order valence-electron chi connectivity index (χ4n) is 11.6. The van der Waals surface area contributed by atoms with Crippen LogP contribution in [0.4, 0.5) is 0 Å². The number of hydrogen-bond acceptors (Lipinski definition) is 2. The summed E-state index contributed by atoms with van der Waals surface area (Å²) in [6.07, 6.45) is 2.26. The Kier molecular flexibility index (Phi) is 9.55. The van der Waals surface area contributed by atoms with Gasteiger partial charge in [-0.2, -0.15) is 0 Å². The van der Waals surface area contributed by atoms with E-state index in [1.54, 1.807) is 0 Å². The van der Waals surface area contributed by atoms with Crippen molar-refractivity contribution in [3.8, 4) is 28.2 Å². The van der Waals surface area contributed by atoms with Crippen molar-refractivity contribution in [2.45, 2.75) is 26.8 Å². The van der Waals surface area contributed by atoms with Gasteiger partial charge in [0.05, 0.1) is 44.8 Å². The van der Waals surface area contributed by atoms with E-state index in [2.05, 4.69) is 270 Å². The van der Waals surface area contributed by atoms with Crippen molar-refractivity contribution >= 4 is 77.0 Å². The van der Waals surface area contributed by atoms with Crippen LogP contribution < -0.4 is 5.32 Å². The Morgan fingerprint density at radius 2 is 0.833 bits per heavy atom. The molecule has 72 heavy (non-hydrogen) atoms. The zero-order valence-electron chi connectivity index (χ0n) is 40.3. The van der Waals surface area contributed by atoms with Gasteiger partial charge in [0.1, 0.15) is 5.84 Å². The van der Waals surface area contributed by atoms with Crippen LogP contribution in [0.2, 0.25) is 0 Å². The van der Waals surface area contributed by atoms with Gasteiger partial charge in [-0.1, -0.05) is 151 Å². The fourth-order valence-corrected chi connectivity index (χ4v) is 11.6. The first kappa shape index (κ1) is 41.8. The monoisotopic (exact) mass is 923 g/mol. The number of nitrogens with one attached hydrogen (secondary N) is 1. The molecule has 0 fully saturated rings. The lowest BCUT2D eigenvalue weighted by molar-refractivity contribution is 0.780. The maximum absolute atomic E-state index is 5.25. The molecule has 0 bridgehead atoms. The second kappa shape index (κ2) is 16.5. The lowest BCUT2D eigenvalue weighted by Crippen LogP contribution is -2.31. The zero-order valence-corrected chi connectivity index (χ0v) is 40.3. The number of hydrogen-bond donors (Lipinski definition) is 1. The summed E-state index contributed by atoms with van der Waals surface area (Å²) in [5.74, 6) is 0.885. The first-order valence-electron chi connectivity index (χ1n) is 24.9. The minimum Gasteiger partial charge on any atom is -0.359 e.